The van der Waals surface area contributed by atoms with Gasteiger partial charge < -0.3 is 5.32 Å². The smallest absolute Gasteiger partial charge is 0.143 e. The molecule has 2 aromatic rings. The fraction of sp³-hybridized carbons (Fsp3) is 0.375. The van der Waals surface area contributed by atoms with Crippen molar-refractivity contribution < 1.29 is 4.39 Å². The second kappa shape index (κ2) is 7.15. The van der Waals surface area contributed by atoms with E-state index in [1.54, 1.807) is 12.1 Å². The maximum atomic E-state index is 13.0. The number of nitrogens with zero attached hydrogens (tertiary/aromatic N) is 2. The summed E-state index contributed by atoms with van der Waals surface area (Å²) in [6, 6.07) is 6.49. The Kier molecular flexibility index (Phi) is 5.50. The Bertz CT molecular complexity index is 612. The van der Waals surface area contributed by atoms with Crippen molar-refractivity contribution in [3.05, 3.63) is 50.7 Å². The molecule has 1 aromatic heterocycles. The fourth-order valence-corrected chi connectivity index (χ4v) is 2.83. The van der Waals surface area contributed by atoms with Crippen molar-refractivity contribution in [1.82, 2.24) is 9.97 Å². The number of rotatable bonds is 5. The topological polar surface area (TPSA) is 37.8 Å². The van der Waals surface area contributed by atoms with Gasteiger partial charge in [-0.1, -0.05) is 26.0 Å². The minimum Gasteiger partial charge on any atom is -0.372 e. The highest BCUT2D eigenvalue weighted by atomic mass is 127. The Hall–Kier alpha value is -1.24. The maximum absolute atomic E-state index is 13.0. The zero-order valence-corrected chi connectivity index (χ0v) is 14.6. The van der Waals surface area contributed by atoms with E-state index in [0.717, 1.165) is 32.9 Å². The van der Waals surface area contributed by atoms with E-state index in [9.17, 15) is 4.39 Å². The molecule has 1 heterocycles. The normalized spacial score (nSPS) is 11.0. The van der Waals surface area contributed by atoms with E-state index >= 15 is 0 Å². The van der Waals surface area contributed by atoms with E-state index in [0.29, 0.717) is 12.3 Å². The maximum Gasteiger partial charge on any atom is 0.143 e. The molecule has 1 aromatic carbocycles. The predicted octanol–water partition coefficient (Wildman–Crippen LogP) is 4.05. The standard InChI is InChI=1S/C16H19FIN3/c1-10(2)8-13-15(18)16(19-3)21-14(20-13)9-11-4-6-12(17)7-5-11/h4-7,10H,8-9H2,1-3H3,(H,19,20,21). The fourth-order valence-electron chi connectivity index (χ4n) is 2.10. The lowest BCUT2D eigenvalue weighted by Crippen LogP contribution is -2.10. The Labute approximate surface area is 138 Å². The number of halogens is 2. The summed E-state index contributed by atoms with van der Waals surface area (Å²) in [4.78, 5) is 9.24. The molecule has 0 fully saturated rings. The van der Waals surface area contributed by atoms with E-state index in [1.165, 1.54) is 12.1 Å². The van der Waals surface area contributed by atoms with Crippen LogP contribution in [0.5, 0.6) is 0 Å². The summed E-state index contributed by atoms with van der Waals surface area (Å²) < 4.78 is 14.0. The van der Waals surface area contributed by atoms with Crippen LogP contribution in [0.15, 0.2) is 24.3 Å². The first-order chi connectivity index (χ1) is 9.99. The molecule has 0 bridgehead atoms. The first-order valence-electron chi connectivity index (χ1n) is 6.97. The van der Waals surface area contributed by atoms with Crippen LogP contribution >= 0.6 is 22.6 Å². The average Bonchev–Trinajstić information content (AvgIpc) is 2.44. The Morgan fingerprint density at radius 3 is 2.43 bits per heavy atom. The van der Waals surface area contributed by atoms with E-state index in [-0.39, 0.29) is 5.82 Å². The van der Waals surface area contributed by atoms with Crippen LogP contribution in [0, 0.1) is 15.3 Å². The summed E-state index contributed by atoms with van der Waals surface area (Å²) in [7, 11) is 1.87. The summed E-state index contributed by atoms with van der Waals surface area (Å²) in [5.74, 6) is 1.94. The van der Waals surface area contributed by atoms with E-state index in [1.807, 2.05) is 7.05 Å². The van der Waals surface area contributed by atoms with Crippen LogP contribution in [0.3, 0.4) is 0 Å². The third kappa shape index (κ3) is 4.36. The molecule has 0 atom stereocenters. The first kappa shape index (κ1) is 16.1. The third-order valence-electron chi connectivity index (χ3n) is 3.08. The highest BCUT2D eigenvalue weighted by molar-refractivity contribution is 14.1. The zero-order valence-electron chi connectivity index (χ0n) is 12.5. The SMILES string of the molecule is CNc1nc(Cc2ccc(F)cc2)nc(CC(C)C)c1I. The number of nitrogens with one attached hydrogen (secondary N) is 1. The van der Waals surface area contributed by atoms with Gasteiger partial charge in [-0.05, 0) is 52.6 Å². The average molecular weight is 399 g/mol. The molecule has 0 aliphatic carbocycles. The molecule has 0 aliphatic heterocycles. The lowest BCUT2D eigenvalue weighted by molar-refractivity contribution is 0.625. The first-order valence-corrected chi connectivity index (χ1v) is 8.05. The molecular formula is C16H19FIN3. The van der Waals surface area contributed by atoms with Gasteiger partial charge in [0.25, 0.3) is 0 Å². The van der Waals surface area contributed by atoms with E-state index < -0.39 is 0 Å². The van der Waals surface area contributed by atoms with E-state index in [4.69, 9.17) is 0 Å². The quantitative estimate of drug-likeness (QED) is 0.771. The van der Waals surface area contributed by atoms with Crippen LogP contribution in [-0.4, -0.2) is 17.0 Å². The van der Waals surface area contributed by atoms with Crippen LogP contribution in [-0.2, 0) is 12.8 Å². The molecule has 2 rings (SSSR count). The molecule has 0 aliphatic rings. The van der Waals surface area contributed by atoms with Crippen molar-refractivity contribution in [2.24, 2.45) is 5.92 Å². The van der Waals surface area contributed by atoms with Crippen LogP contribution in [0.1, 0.15) is 30.9 Å². The van der Waals surface area contributed by atoms with Gasteiger partial charge in [-0.15, -0.1) is 0 Å². The van der Waals surface area contributed by atoms with E-state index in [2.05, 4.69) is 51.7 Å². The van der Waals surface area contributed by atoms with Gasteiger partial charge in [0.2, 0.25) is 0 Å². The van der Waals surface area contributed by atoms with Crippen LogP contribution < -0.4 is 5.32 Å². The van der Waals surface area contributed by atoms with Crippen LogP contribution in [0.2, 0.25) is 0 Å². The van der Waals surface area contributed by atoms with Gasteiger partial charge >= 0.3 is 0 Å². The minimum atomic E-state index is -0.223. The highest BCUT2D eigenvalue weighted by Crippen LogP contribution is 2.22. The van der Waals surface area contributed by atoms with Crippen molar-refractivity contribution in [2.75, 3.05) is 12.4 Å². The van der Waals surface area contributed by atoms with Gasteiger partial charge in [-0.2, -0.15) is 0 Å². The van der Waals surface area contributed by atoms with Gasteiger partial charge in [0.15, 0.2) is 0 Å². The number of aromatic nitrogens is 2. The second-order valence-corrected chi connectivity index (χ2v) is 6.48. The van der Waals surface area contributed by atoms with Gasteiger partial charge in [-0.3, -0.25) is 0 Å². The van der Waals surface area contributed by atoms with Crippen LogP contribution in [0.4, 0.5) is 10.2 Å². The summed E-state index contributed by atoms with van der Waals surface area (Å²) in [6.45, 7) is 4.35. The van der Waals surface area contributed by atoms with Crippen molar-refractivity contribution in [3.8, 4) is 0 Å². The number of benzene rings is 1. The molecule has 5 heteroatoms. The predicted molar refractivity (Wildman–Crippen MR) is 92.0 cm³/mol. The lowest BCUT2D eigenvalue weighted by atomic mass is 10.1. The van der Waals surface area contributed by atoms with Gasteiger partial charge in [0, 0.05) is 13.5 Å². The molecule has 0 unspecified atom stereocenters. The number of hydrogen-bond acceptors (Lipinski definition) is 3. The Balaban J connectivity index is 2.32. The lowest BCUT2D eigenvalue weighted by Gasteiger charge is -2.12. The van der Waals surface area contributed by atoms with Crippen LogP contribution in [0.25, 0.3) is 0 Å². The van der Waals surface area contributed by atoms with Crippen molar-refractivity contribution in [1.29, 1.82) is 0 Å². The molecule has 0 spiro atoms. The molecule has 3 nitrogen and oxygen atoms in total. The number of anilines is 1. The molecule has 1 N–H and O–H groups in total. The molecule has 0 saturated heterocycles. The monoisotopic (exact) mass is 399 g/mol. The highest BCUT2D eigenvalue weighted by Gasteiger charge is 2.13. The molecule has 0 amide bonds. The van der Waals surface area contributed by atoms with Crippen molar-refractivity contribution in [3.63, 3.8) is 0 Å². The summed E-state index contributed by atoms with van der Waals surface area (Å²) >= 11 is 2.29. The molecule has 21 heavy (non-hydrogen) atoms. The second-order valence-electron chi connectivity index (χ2n) is 5.40. The van der Waals surface area contributed by atoms with Gasteiger partial charge in [-0.25, -0.2) is 14.4 Å². The molecule has 112 valence electrons. The molecule has 0 saturated carbocycles. The van der Waals surface area contributed by atoms with Gasteiger partial charge in [0.05, 0.1) is 9.26 Å². The Morgan fingerprint density at radius 1 is 1.19 bits per heavy atom. The number of hydrogen-bond donors (Lipinski definition) is 1. The van der Waals surface area contributed by atoms with Crippen molar-refractivity contribution >= 4 is 28.4 Å². The summed E-state index contributed by atoms with van der Waals surface area (Å²) in [5.41, 5.74) is 2.08. The van der Waals surface area contributed by atoms with Crippen molar-refractivity contribution in [2.45, 2.75) is 26.7 Å². The summed E-state index contributed by atoms with van der Waals surface area (Å²) in [5, 5.41) is 3.13. The van der Waals surface area contributed by atoms with Gasteiger partial charge in [0.1, 0.15) is 17.5 Å². The molecule has 0 radical (unpaired) electrons. The summed E-state index contributed by atoms with van der Waals surface area (Å²) in [6.07, 6.45) is 1.53. The zero-order chi connectivity index (χ0) is 15.4. The largest absolute Gasteiger partial charge is 0.372 e. The third-order valence-corrected chi connectivity index (χ3v) is 4.21. The Morgan fingerprint density at radius 2 is 1.86 bits per heavy atom. The molecular weight excluding hydrogens is 380 g/mol. The minimum absolute atomic E-state index is 0.223.